The Labute approximate surface area is 129 Å². The Morgan fingerprint density at radius 3 is 2.61 bits per heavy atom. The van der Waals surface area contributed by atoms with Crippen molar-refractivity contribution in [2.75, 3.05) is 13.2 Å². The van der Waals surface area contributed by atoms with Crippen molar-refractivity contribution in [3.05, 3.63) is 31.8 Å². The zero-order valence-corrected chi connectivity index (χ0v) is 14.1. The molecule has 0 saturated carbocycles. The van der Waals surface area contributed by atoms with Crippen molar-refractivity contribution in [2.24, 2.45) is 0 Å². The Kier molecular flexibility index (Phi) is 4.66. The van der Waals surface area contributed by atoms with E-state index in [4.69, 9.17) is 4.74 Å². The zero-order chi connectivity index (χ0) is 13.3. The summed E-state index contributed by atoms with van der Waals surface area (Å²) in [4.78, 5) is 14.5. The molecule has 0 radical (unpaired) electrons. The molecule has 2 unspecified atom stereocenters. The summed E-state index contributed by atoms with van der Waals surface area (Å²) in [7, 11) is 0. The smallest absolute Gasteiger partial charge is 0.255 e. The predicted molar refractivity (Wildman–Crippen MR) is 82.8 cm³/mol. The van der Waals surface area contributed by atoms with Crippen molar-refractivity contribution in [3.8, 4) is 0 Å². The number of halogens is 2. The van der Waals surface area contributed by atoms with Gasteiger partial charge in [-0.1, -0.05) is 0 Å². The number of rotatable bonds is 1. The van der Waals surface area contributed by atoms with Gasteiger partial charge >= 0.3 is 0 Å². The molecule has 18 heavy (non-hydrogen) atoms. The minimum atomic E-state index is 0.0729. The number of ether oxygens (including phenoxy) is 1. The first-order valence-corrected chi connectivity index (χ1v) is 7.73. The molecule has 98 valence electrons. The van der Waals surface area contributed by atoms with Gasteiger partial charge in [0.1, 0.15) is 0 Å². The Hall–Kier alpha value is -0.140. The summed E-state index contributed by atoms with van der Waals surface area (Å²) in [5, 5.41) is 0. The van der Waals surface area contributed by atoms with E-state index in [1.165, 1.54) is 0 Å². The molecule has 0 spiro atoms. The second-order valence-corrected chi connectivity index (χ2v) is 6.67. The fourth-order valence-corrected chi connectivity index (χ4v) is 3.11. The third-order valence-corrected chi connectivity index (χ3v) is 4.42. The van der Waals surface area contributed by atoms with Gasteiger partial charge in [-0.25, -0.2) is 0 Å². The van der Waals surface area contributed by atoms with Crippen LogP contribution in [0.3, 0.4) is 0 Å². The van der Waals surface area contributed by atoms with Crippen molar-refractivity contribution in [3.63, 3.8) is 0 Å². The summed E-state index contributed by atoms with van der Waals surface area (Å²) in [6, 6.07) is 6.05. The molecule has 5 heteroatoms. The zero-order valence-electron chi connectivity index (χ0n) is 10.3. The van der Waals surface area contributed by atoms with Crippen LogP contribution in [0.1, 0.15) is 24.2 Å². The van der Waals surface area contributed by atoms with Crippen molar-refractivity contribution >= 4 is 44.4 Å². The molecule has 0 aliphatic carbocycles. The standard InChI is InChI=1S/C13H15BrINO2/c1-8-6-18-7-9(2)16(8)13(17)11-5-10(15)3-4-12(11)14/h3-5,8-9H,6-7H2,1-2H3. The fourth-order valence-electron chi connectivity index (χ4n) is 2.20. The number of nitrogens with zero attached hydrogens (tertiary/aromatic N) is 1. The lowest BCUT2D eigenvalue weighted by Gasteiger charge is -2.39. The molecule has 2 atom stereocenters. The minimum absolute atomic E-state index is 0.0729. The Bertz CT molecular complexity index is 456. The van der Waals surface area contributed by atoms with Crippen molar-refractivity contribution in [2.45, 2.75) is 25.9 Å². The summed E-state index contributed by atoms with van der Waals surface area (Å²) < 4.78 is 7.37. The highest BCUT2D eigenvalue weighted by molar-refractivity contribution is 14.1. The maximum Gasteiger partial charge on any atom is 0.255 e. The summed E-state index contributed by atoms with van der Waals surface area (Å²) >= 11 is 5.68. The van der Waals surface area contributed by atoms with E-state index in [0.29, 0.717) is 13.2 Å². The minimum Gasteiger partial charge on any atom is -0.377 e. The number of carbonyl (C=O) groups is 1. The van der Waals surface area contributed by atoms with Gasteiger partial charge in [-0.05, 0) is 70.6 Å². The quantitative estimate of drug-likeness (QED) is 0.648. The van der Waals surface area contributed by atoms with Crippen LogP contribution < -0.4 is 0 Å². The van der Waals surface area contributed by atoms with Crippen LogP contribution in [0.2, 0.25) is 0 Å². The van der Waals surface area contributed by atoms with E-state index in [2.05, 4.69) is 38.5 Å². The molecule has 0 aromatic heterocycles. The number of hydrogen-bond acceptors (Lipinski definition) is 2. The Balaban J connectivity index is 2.32. The van der Waals surface area contributed by atoms with E-state index < -0.39 is 0 Å². The van der Waals surface area contributed by atoms with Gasteiger partial charge in [0, 0.05) is 8.04 Å². The van der Waals surface area contributed by atoms with Gasteiger partial charge in [-0.15, -0.1) is 0 Å². The average Bonchev–Trinajstić information content (AvgIpc) is 2.32. The van der Waals surface area contributed by atoms with Gasteiger partial charge in [-0.2, -0.15) is 0 Å². The second-order valence-electron chi connectivity index (χ2n) is 4.57. The predicted octanol–water partition coefficient (Wildman–Crippen LogP) is 3.30. The largest absolute Gasteiger partial charge is 0.377 e. The molecule has 1 amide bonds. The van der Waals surface area contributed by atoms with E-state index in [9.17, 15) is 4.79 Å². The van der Waals surface area contributed by atoms with Crippen LogP contribution in [0.25, 0.3) is 0 Å². The van der Waals surface area contributed by atoms with Crippen LogP contribution in [-0.2, 0) is 4.74 Å². The lowest BCUT2D eigenvalue weighted by molar-refractivity contribution is -0.0250. The van der Waals surface area contributed by atoms with Gasteiger partial charge < -0.3 is 9.64 Å². The maximum atomic E-state index is 12.6. The normalized spacial score (nSPS) is 24.1. The van der Waals surface area contributed by atoms with Crippen LogP contribution in [0, 0.1) is 3.57 Å². The SMILES string of the molecule is CC1COCC(C)N1C(=O)c1cc(I)ccc1Br. The molecular formula is C13H15BrINO2. The lowest BCUT2D eigenvalue weighted by Crippen LogP contribution is -2.52. The summed E-state index contributed by atoms with van der Waals surface area (Å²) in [5.41, 5.74) is 0.725. The highest BCUT2D eigenvalue weighted by Gasteiger charge is 2.31. The van der Waals surface area contributed by atoms with Crippen LogP contribution in [-0.4, -0.2) is 36.1 Å². The Morgan fingerprint density at radius 2 is 2.00 bits per heavy atom. The van der Waals surface area contributed by atoms with Gasteiger partial charge in [0.25, 0.3) is 5.91 Å². The number of amides is 1. The molecule has 1 aliphatic heterocycles. The van der Waals surface area contributed by atoms with Crippen LogP contribution in [0.4, 0.5) is 0 Å². The molecule has 1 aromatic carbocycles. The molecule has 1 fully saturated rings. The third kappa shape index (κ3) is 2.88. The first-order chi connectivity index (χ1) is 8.50. The second kappa shape index (κ2) is 5.88. The van der Waals surface area contributed by atoms with Gasteiger partial charge in [0.2, 0.25) is 0 Å². The highest BCUT2D eigenvalue weighted by atomic mass is 127. The van der Waals surface area contributed by atoms with Crippen LogP contribution in [0.15, 0.2) is 22.7 Å². The number of morpholine rings is 1. The summed E-state index contributed by atoms with van der Waals surface area (Å²) in [5.74, 6) is 0.0729. The summed E-state index contributed by atoms with van der Waals surface area (Å²) in [6.45, 7) is 5.26. The highest BCUT2D eigenvalue weighted by Crippen LogP contribution is 2.24. The van der Waals surface area contributed by atoms with Gasteiger partial charge in [0.15, 0.2) is 0 Å². The third-order valence-electron chi connectivity index (χ3n) is 3.06. The molecule has 1 aromatic rings. The molecule has 2 rings (SSSR count). The monoisotopic (exact) mass is 423 g/mol. The van der Waals surface area contributed by atoms with E-state index in [1.807, 2.05) is 36.9 Å². The molecule has 3 nitrogen and oxygen atoms in total. The van der Waals surface area contributed by atoms with Gasteiger partial charge in [-0.3, -0.25) is 4.79 Å². The molecule has 0 N–H and O–H groups in total. The molecule has 1 saturated heterocycles. The van der Waals surface area contributed by atoms with Crippen LogP contribution >= 0.6 is 38.5 Å². The van der Waals surface area contributed by atoms with Gasteiger partial charge in [0.05, 0.1) is 30.9 Å². The number of carbonyl (C=O) groups excluding carboxylic acids is 1. The fraction of sp³-hybridized carbons (Fsp3) is 0.462. The van der Waals surface area contributed by atoms with E-state index >= 15 is 0 Å². The Morgan fingerprint density at radius 1 is 1.39 bits per heavy atom. The van der Waals surface area contributed by atoms with Crippen molar-refractivity contribution < 1.29 is 9.53 Å². The van der Waals surface area contributed by atoms with Crippen molar-refractivity contribution in [1.29, 1.82) is 0 Å². The molecule has 1 aliphatic rings. The molecular weight excluding hydrogens is 409 g/mol. The molecule has 1 heterocycles. The van der Waals surface area contributed by atoms with E-state index in [1.54, 1.807) is 0 Å². The van der Waals surface area contributed by atoms with Crippen LogP contribution in [0.5, 0.6) is 0 Å². The molecule has 0 bridgehead atoms. The van der Waals surface area contributed by atoms with E-state index in [0.717, 1.165) is 13.6 Å². The van der Waals surface area contributed by atoms with Crippen molar-refractivity contribution in [1.82, 2.24) is 4.90 Å². The average molecular weight is 424 g/mol. The number of hydrogen-bond donors (Lipinski definition) is 0. The first kappa shape index (κ1) is 14.3. The number of benzene rings is 1. The lowest BCUT2D eigenvalue weighted by atomic mass is 10.1. The maximum absolute atomic E-state index is 12.6. The first-order valence-electron chi connectivity index (χ1n) is 5.86. The topological polar surface area (TPSA) is 29.5 Å². The summed E-state index contributed by atoms with van der Waals surface area (Å²) in [6.07, 6.45) is 0. The van der Waals surface area contributed by atoms with E-state index in [-0.39, 0.29) is 18.0 Å².